The van der Waals surface area contributed by atoms with Crippen molar-refractivity contribution in [3.63, 3.8) is 0 Å². The van der Waals surface area contributed by atoms with Gasteiger partial charge in [0.2, 0.25) is 0 Å². The number of aromatic nitrogens is 3. The van der Waals surface area contributed by atoms with Gasteiger partial charge in [-0.1, -0.05) is 0 Å². The van der Waals surface area contributed by atoms with Crippen LogP contribution >= 0.6 is 0 Å². The number of nitrogens with zero attached hydrogens (tertiary/aromatic N) is 4. The average molecular weight is 444 g/mol. The normalized spacial score (nSPS) is 22.9. The Kier molecular flexibility index (Phi) is 6.88. The SMILES string of the molecule is Cc1ccc(N2C[C@H](Oc3ncccc3F)[C@H]3OCCC[C@H]32)nn1.O=C(O)C(F)(F)F. The Balaban J connectivity index is 0.000000339. The summed E-state index contributed by atoms with van der Waals surface area (Å²) in [6, 6.07) is 6.95. The zero-order valence-corrected chi connectivity index (χ0v) is 16.4. The molecule has 0 aromatic carbocycles. The molecule has 4 heterocycles. The largest absolute Gasteiger partial charge is 0.490 e. The molecule has 2 aromatic rings. The highest BCUT2D eigenvalue weighted by Gasteiger charge is 2.46. The molecular formula is C19H20F4N4O4. The van der Waals surface area contributed by atoms with Gasteiger partial charge in [-0.25, -0.2) is 14.2 Å². The maximum absolute atomic E-state index is 13.9. The second-order valence-corrected chi connectivity index (χ2v) is 6.98. The fraction of sp³-hybridized carbons (Fsp3) is 0.474. The van der Waals surface area contributed by atoms with E-state index >= 15 is 0 Å². The lowest BCUT2D eigenvalue weighted by Crippen LogP contribution is -2.43. The number of anilines is 1. The van der Waals surface area contributed by atoms with Gasteiger partial charge in [0.25, 0.3) is 5.88 Å². The van der Waals surface area contributed by atoms with Crippen molar-refractivity contribution < 1.29 is 36.9 Å². The fourth-order valence-electron chi connectivity index (χ4n) is 3.42. The number of carbonyl (C=O) groups is 1. The van der Waals surface area contributed by atoms with Crippen LogP contribution in [-0.4, -0.2) is 63.8 Å². The van der Waals surface area contributed by atoms with Crippen molar-refractivity contribution in [1.82, 2.24) is 15.2 Å². The van der Waals surface area contributed by atoms with Gasteiger partial charge < -0.3 is 19.5 Å². The molecule has 2 aromatic heterocycles. The molecule has 0 unspecified atom stereocenters. The lowest BCUT2D eigenvalue weighted by atomic mass is 10.0. The lowest BCUT2D eigenvalue weighted by Gasteiger charge is -2.32. The minimum Gasteiger partial charge on any atom is -0.475 e. The van der Waals surface area contributed by atoms with Crippen molar-refractivity contribution in [3.05, 3.63) is 42.0 Å². The van der Waals surface area contributed by atoms with E-state index in [1.54, 1.807) is 6.07 Å². The zero-order valence-electron chi connectivity index (χ0n) is 16.4. The molecule has 0 spiro atoms. The molecule has 12 heteroatoms. The first-order chi connectivity index (χ1) is 14.7. The van der Waals surface area contributed by atoms with Gasteiger partial charge in [-0.2, -0.15) is 18.3 Å². The van der Waals surface area contributed by atoms with E-state index in [0.29, 0.717) is 13.2 Å². The van der Waals surface area contributed by atoms with E-state index in [1.807, 2.05) is 19.1 Å². The van der Waals surface area contributed by atoms with E-state index in [0.717, 1.165) is 24.4 Å². The topological polar surface area (TPSA) is 97.7 Å². The number of ether oxygens (including phenoxy) is 2. The molecule has 2 aliphatic heterocycles. The molecule has 2 fully saturated rings. The number of aryl methyl sites for hydroxylation is 1. The molecule has 2 saturated heterocycles. The Morgan fingerprint density at radius 3 is 2.65 bits per heavy atom. The van der Waals surface area contributed by atoms with Crippen molar-refractivity contribution in [2.24, 2.45) is 0 Å². The third-order valence-corrected chi connectivity index (χ3v) is 4.79. The van der Waals surface area contributed by atoms with Gasteiger partial charge in [0.05, 0.1) is 18.3 Å². The molecule has 2 aliphatic rings. The summed E-state index contributed by atoms with van der Waals surface area (Å²) in [5, 5.41) is 15.5. The predicted octanol–water partition coefficient (Wildman–Crippen LogP) is 2.77. The molecule has 0 saturated carbocycles. The smallest absolute Gasteiger partial charge is 0.475 e. The Labute approximate surface area is 174 Å². The number of rotatable bonds is 3. The minimum atomic E-state index is -5.08. The fourth-order valence-corrected chi connectivity index (χ4v) is 3.42. The number of carboxylic acid groups (broad SMARTS) is 1. The van der Waals surface area contributed by atoms with Crippen LogP contribution < -0.4 is 9.64 Å². The van der Waals surface area contributed by atoms with Crippen LogP contribution in [0, 0.1) is 12.7 Å². The molecule has 4 rings (SSSR count). The molecule has 0 bridgehead atoms. The van der Waals surface area contributed by atoms with Crippen LogP contribution in [0.5, 0.6) is 5.88 Å². The molecule has 1 N–H and O–H groups in total. The van der Waals surface area contributed by atoms with Crippen LogP contribution in [-0.2, 0) is 9.53 Å². The van der Waals surface area contributed by atoms with Crippen LogP contribution in [0.1, 0.15) is 18.5 Å². The summed E-state index contributed by atoms with van der Waals surface area (Å²) >= 11 is 0. The summed E-state index contributed by atoms with van der Waals surface area (Å²) in [7, 11) is 0. The summed E-state index contributed by atoms with van der Waals surface area (Å²) in [4.78, 5) is 15.0. The standard InChI is InChI=1S/C17H19FN4O2.C2HF3O2/c1-11-6-7-15(21-20-11)22-10-14(16-13(22)5-3-9-23-16)24-17-12(18)4-2-8-19-17;3-2(4,5)1(6)7/h2,4,6-8,13-14,16H,3,5,9-10H2,1H3;(H,6,7)/t13-,14+,16+;/m1./s1. The maximum Gasteiger partial charge on any atom is 0.490 e. The minimum absolute atomic E-state index is 0.0206. The van der Waals surface area contributed by atoms with Gasteiger partial charge in [-0.05, 0) is 44.0 Å². The van der Waals surface area contributed by atoms with Gasteiger partial charge in [-0.3, -0.25) is 0 Å². The molecule has 8 nitrogen and oxygen atoms in total. The second-order valence-electron chi connectivity index (χ2n) is 6.98. The number of halogens is 4. The quantitative estimate of drug-likeness (QED) is 0.722. The van der Waals surface area contributed by atoms with Crippen LogP contribution in [0.4, 0.5) is 23.4 Å². The summed E-state index contributed by atoms with van der Waals surface area (Å²) in [5.41, 5.74) is 0.873. The molecule has 168 valence electrons. The Morgan fingerprint density at radius 2 is 2.03 bits per heavy atom. The first kappa shape index (κ1) is 22.7. The summed E-state index contributed by atoms with van der Waals surface area (Å²) < 4.78 is 57.4. The Bertz CT molecular complexity index is 897. The first-order valence-electron chi connectivity index (χ1n) is 9.42. The number of fused-ring (bicyclic) bond motifs is 1. The van der Waals surface area contributed by atoms with Gasteiger partial charge >= 0.3 is 12.1 Å². The predicted molar refractivity (Wildman–Crippen MR) is 99.2 cm³/mol. The molecule has 31 heavy (non-hydrogen) atoms. The molecule has 3 atom stereocenters. The number of aliphatic carboxylic acids is 1. The van der Waals surface area contributed by atoms with E-state index in [2.05, 4.69) is 20.1 Å². The number of hydrogen-bond acceptors (Lipinski definition) is 7. The highest BCUT2D eigenvalue weighted by molar-refractivity contribution is 5.73. The van der Waals surface area contributed by atoms with Crippen LogP contribution in [0.25, 0.3) is 0 Å². The third kappa shape index (κ3) is 5.57. The van der Waals surface area contributed by atoms with Gasteiger partial charge in [-0.15, -0.1) is 5.10 Å². The number of carboxylic acids is 1. The average Bonchev–Trinajstić information content (AvgIpc) is 3.09. The third-order valence-electron chi connectivity index (χ3n) is 4.79. The van der Waals surface area contributed by atoms with Crippen molar-refractivity contribution >= 4 is 11.8 Å². The maximum atomic E-state index is 13.9. The number of pyridine rings is 1. The monoisotopic (exact) mass is 444 g/mol. The van der Waals surface area contributed by atoms with Crippen LogP contribution in [0.3, 0.4) is 0 Å². The summed E-state index contributed by atoms with van der Waals surface area (Å²) in [6.45, 7) is 3.17. The molecular weight excluding hydrogens is 424 g/mol. The highest BCUT2D eigenvalue weighted by atomic mass is 19.4. The van der Waals surface area contributed by atoms with Crippen LogP contribution in [0.2, 0.25) is 0 Å². The Hall–Kier alpha value is -3.02. The summed E-state index contributed by atoms with van der Waals surface area (Å²) in [6.07, 6.45) is -1.99. The molecule has 0 aliphatic carbocycles. The van der Waals surface area contributed by atoms with Crippen LogP contribution in [0.15, 0.2) is 30.5 Å². The van der Waals surface area contributed by atoms with Gasteiger partial charge in [0, 0.05) is 12.8 Å². The molecule has 0 amide bonds. The van der Waals surface area contributed by atoms with E-state index in [1.165, 1.54) is 12.3 Å². The number of alkyl halides is 3. The lowest BCUT2D eigenvalue weighted by molar-refractivity contribution is -0.192. The zero-order chi connectivity index (χ0) is 22.6. The van der Waals surface area contributed by atoms with E-state index in [4.69, 9.17) is 19.4 Å². The van der Waals surface area contributed by atoms with Crippen molar-refractivity contribution in [3.8, 4) is 5.88 Å². The summed E-state index contributed by atoms with van der Waals surface area (Å²) in [5.74, 6) is -2.40. The van der Waals surface area contributed by atoms with Gasteiger partial charge in [0.1, 0.15) is 12.2 Å². The number of hydrogen-bond donors (Lipinski definition) is 1. The van der Waals surface area contributed by atoms with Gasteiger partial charge in [0.15, 0.2) is 11.6 Å². The first-order valence-corrected chi connectivity index (χ1v) is 9.42. The van der Waals surface area contributed by atoms with Crippen molar-refractivity contribution in [1.29, 1.82) is 0 Å². The van der Waals surface area contributed by atoms with E-state index in [-0.39, 0.29) is 24.1 Å². The Morgan fingerprint density at radius 1 is 1.29 bits per heavy atom. The van der Waals surface area contributed by atoms with E-state index in [9.17, 15) is 17.6 Å². The van der Waals surface area contributed by atoms with Crippen molar-refractivity contribution in [2.75, 3.05) is 18.1 Å². The highest BCUT2D eigenvalue weighted by Crippen LogP contribution is 2.34. The van der Waals surface area contributed by atoms with E-state index < -0.39 is 18.0 Å². The second kappa shape index (κ2) is 9.41. The molecule has 0 radical (unpaired) electrons. The van der Waals surface area contributed by atoms with Crippen molar-refractivity contribution in [2.45, 2.75) is 44.2 Å².